The van der Waals surface area contributed by atoms with Crippen molar-refractivity contribution in [3.8, 4) is 11.5 Å². The first-order chi connectivity index (χ1) is 15.6. The number of halogens is 2. The molecule has 0 spiro atoms. The summed E-state index contributed by atoms with van der Waals surface area (Å²) in [4.78, 5) is 1.70. The SMILES string of the molecule is CC(C)OCc1nnc(-c2cc3c(cc2F)S(=O)(=O)C[C@H](N)CN3Cc2ccc(Cl)cc2)o1. The lowest BCUT2D eigenvalue weighted by Gasteiger charge is -2.26. The highest BCUT2D eigenvalue weighted by Crippen LogP contribution is 2.36. The van der Waals surface area contributed by atoms with E-state index >= 15 is 4.39 Å². The quantitative estimate of drug-likeness (QED) is 0.553. The first kappa shape index (κ1) is 23.6. The minimum atomic E-state index is -3.81. The number of nitrogens with two attached hydrogens (primary N) is 1. The van der Waals surface area contributed by atoms with Gasteiger partial charge in [-0.15, -0.1) is 10.2 Å². The molecular formula is C22H24ClFN4O4S. The number of fused-ring (bicyclic) bond motifs is 1. The minimum absolute atomic E-state index is 0.00354. The summed E-state index contributed by atoms with van der Waals surface area (Å²) in [6, 6.07) is 8.97. The molecule has 0 radical (unpaired) electrons. The average Bonchev–Trinajstić information content (AvgIpc) is 3.18. The van der Waals surface area contributed by atoms with E-state index in [4.69, 9.17) is 26.5 Å². The number of ether oxygens (including phenoxy) is 1. The van der Waals surface area contributed by atoms with Crippen LogP contribution in [0, 0.1) is 5.82 Å². The van der Waals surface area contributed by atoms with Crippen molar-refractivity contribution < 1.29 is 22.0 Å². The number of anilines is 1. The van der Waals surface area contributed by atoms with E-state index in [1.54, 1.807) is 12.1 Å². The second kappa shape index (κ2) is 9.38. The van der Waals surface area contributed by atoms with E-state index in [1.165, 1.54) is 6.07 Å². The van der Waals surface area contributed by atoms with Crippen LogP contribution in [0.1, 0.15) is 25.3 Å². The fourth-order valence-corrected chi connectivity index (χ4v) is 5.39. The summed E-state index contributed by atoms with van der Waals surface area (Å²) in [6.45, 7) is 4.43. The summed E-state index contributed by atoms with van der Waals surface area (Å²) in [7, 11) is -3.81. The number of hydrogen-bond donors (Lipinski definition) is 1. The van der Waals surface area contributed by atoms with Crippen molar-refractivity contribution >= 4 is 27.1 Å². The predicted molar refractivity (Wildman–Crippen MR) is 122 cm³/mol. The fraction of sp³-hybridized carbons (Fsp3) is 0.364. The van der Waals surface area contributed by atoms with Gasteiger partial charge in [0, 0.05) is 24.2 Å². The molecule has 2 heterocycles. The van der Waals surface area contributed by atoms with Gasteiger partial charge in [-0.3, -0.25) is 0 Å². The summed E-state index contributed by atoms with van der Waals surface area (Å²) in [5.74, 6) is -0.928. The zero-order valence-electron chi connectivity index (χ0n) is 18.2. The lowest BCUT2D eigenvalue weighted by molar-refractivity contribution is 0.0519. The maximum atomic E-state index is 15.1. The Balaban J connectivity index is 1.76. The van der Waals surface area contributed by atoms with Crippen molar-refractivity contribution in [2.45, 2.75) is 44.0 Å². The smallest absolute Gasteiger partial charge is 0.250 e. The molecule has 0 aliphatic carbocycles. The maximum absolute atomic E-state index is 15.1. The standard InChI is InChI=1S/C22H24ClFN4O4S/c1-13(2)31-11-21-26-27-22(32-21)17-7-19-20(8-18(17)24)33(29,30)12-16(25)10-28(19)9-14-3-5-15(23)6-4-14/h3-8,13,16H,9-12,25H2,1-2H3/t16-/m1/s1. The van der Waals surface area contributed by atoms with Gasteiger partial charge in [0.25, 0.3) is 5.89 Å². The van der Waals surface area contributed by atoms with Crippen molar-refractivity contribution in [3.05, 3.63) is 58.7 Å². The molecule has 0 unspecified atom stereocenters. The van der Waals surface area contributed by atoms with E-state index in [9.17, 15) is 8.42 Å². The Morgan fingerprint density at radius 2 is 2.00 bits per heavy atom. The van der Waals surface area contributed by atoms with Gasteiger partial charge in [-0.05, 0) is 43.7 Å². The summed E-state index contributed by atoms with van der Waals surface area (Å²) in [5, 5.41) is 8.41. The molecule has 8 nitrogen and oxygen atoms in total. The van der Waals surface area contributed by atoms with Gasteiger partial charge in [0.2, 0.25) is 5.89 Å². The molecule has 4 rings (SSSR count). The van der Waals surface area contributed by atoms with Gasteiger partial charge in [-0.1, -0.05) is 23.7 Å². The molecule has 11 heteroatoms. The Hall–Kier alpha value is -2.53. The molecule has 0 bridgehead atoms. The maximum Gasteiger partial charge on any atom is 0.250 e. The molecule has 1 aliphatic heterocycles. The summed E-state index contributed by atoms with van der Waals surface area (Å²) < 4.78 is 52.0. The van der Waals surface area contributed by atoms with Gasteiger partial charge < -0.3 is 19.8 Å². The lowest BCUT2D eigenvalue weighted by atomic mass is 10.1. The predicted octanol–water partition coefficient (Wildman–Crippen LogP) is 3.58. The number of hydrogen-bond acceptors (Lipinski definition) is 8. The van der Waals surface area contributed by atoms with Crippen LogP contribution in [0.4, 0.5) is 10.1 Å². The number of rotatable bonds is 6. The van der Waals surface area contributed by atoms with Crippen LogP contribution < -0.4 is 10.6 Å². The molecule has 0 saturated carbocycles. The molecule has 176 valence electrons. The van der Waals surface area contributed by atoms with Gasteiger partial charge in [-0.2, -0.15) is 0 Å². The van der Waals surface area contributed by atoms with Crippen LogP contribution in [-0.2, 0) is 27.7 Å². The fourth-order valence-electron chi connectivity index (χ4n) is 3.63. The molecule has 0 fully saturated rings. The molecule has 3 aromatic rings. The molecule has 0 amide bonds. The number of nitrogens with zero attached hydrogens (tertiary/aromatic N) is 3. The van der Waals surface area contributed by atoms with Crippen molar-refractivity contribution in [3.63, 3.8) is 0 Å². The van der Waals surface area contributed by atoms with Crippen molar-refractivity contribution in [1.82, 2.24) is 10.2 Å². The van der Waals surface area contributed by atoms with Gasteiger partial charge >= 0.3 is 0 Å². The topological polar surface area (TPSA) is 112 Å². The molecule has 2 aromatic carbocycles. The van der Waals surface area contributed by atoms with Gasteiger partial charge in [0.15, 0.2) is 9.84 Å². The van der Waals surface area contributed by atoms with Crippen LogP contribution >= 0.6 is 11.6 Å². The van der Waals surface area contributed by atoms with Gasteiger partial charge in [0.05, 0.1) is 28.0 Å². The zero-order chi connectivity index (χ0) is 23.8. The second-order valence-corrected chi connectivity index (χ2v) is 10.6. The van der Waals surface area contributed by atoms with Gasteiger partial charge in [-0.25, -0.2) is 12.8 Å². The monoisotopic (exact) mass is 494 g/mol. The number of benzene rings is 2. The third-order valence-electron chi connectivity index (χ3n) is 5.14. The van der Waals surface area contributed by atoms with E-state index < -0.39 is 21.7 Å². The highest BCUT2D eigenvalue weighted by atomic mass is 35.5. The Morgan fingerprint density at radius 1 is 1.27 bits per heavy atom. The number of sulfone groups is 1. The molecule has 0 saturated heterocycles. The Kier molecular flexibility index (Phi) is 6.71. The third kappa shape index (κ3) is 5.35. The highest BCUT2D eigenvalue weighted by molar-refractivity contribution is 7.91. The van der Waals surface area contributed by atoms with Crippen LogP contribution in [0.2, 0.25) is 5.02 Å². The van der Waals surface area contributed by atoms with E-state index in [0.717, 1.165) is 11.6 Å². The Bertz CT molecular complexity index is 1250. The molecule has 1 atom stereocenters. The first-order valence-corrected chi connectivity index (χ1v) is 12.4. The van der Waals surface area contributed by atoms with Crippen molar-refractivity contribution in [1.29, 1.82) is 0 Å². The van der Waals surface area contributed by atoms with E-state index in [-0.39, 0.29) is 47.2 Å². The summed E-state index contributed by atoms with van der Waals surface area (Å²) in [5.41, 5.74) is 7.34. The molecule has 33 heavy (non-hydrogen) atoms. The summed E-state index contributed by atoms with van der Waals surface area (Å²) in [6.07, 6.45) is -0.0413. The van der Waals surface area contributed by atoms with Crippen LogP contribution in [0.15, 0.2) is 45.7 Å². The highest BCUT2D eigenvalue weighted by Gasteiger charge is 2.32. The molecule has 1 aromatic heterocycles. The molecule has 1 aliphatic rings. The van der Waals surface area contributed by atoms with E-state index in [1.807, 2.05) is 30.9 Å². The first-order valence-electron chi connectivity index (χ1n) is 10.4. The Morgan fingerprint density at radius 3 is 2.70 bits per heavy atom. The normalized spacial score (nSPS) is 17.8. The molecular weight excluding hydrogens is 471 g/mol. The van der Waals surface area contributed by atoms with Gasteiger partial charge in [0.1, 0.15) is 12.4 Å². The van der Waals surface area contributed by atoms with E-state index in [0.29, 0.717) is 17.3 Å². The van der Waals surface area contributed by atoms with E-state index in [2.05, 4.69) is 10.2 Å². The number of aromatic nitrogens is 2. The van der Waals surface area contributed by atoms with Crippen LogP contribution in [0.25, 0.3) is 11.5 Å². The zero-order valence-corrected chi connectivity index (χ0v) is 19.7. The van der Waals surface area contributed by atoms with Crippen LogP contribution in [0.3, 0.4) is 0 Å². The van der Waals surface area contributed by atoms with Crippen LogP contribution in [0.5, 0.6) is 0 Å². The second-order valence-electron chi connectivity index (χ2n) is 8.21. The average molecular weight is 495 g/mol. The molecule has 2 N–H and O–H groups in total. The Labute approximate surface area is 196 Å². The van der Waals surface area contributed by atoms with Crippen molar-refractivity contribution in [2.24, 2.45) is 5.73 Å². The minimum Gasteiger partial charge on any atom is -0.418 e. The van der Waals surface area contributed by atoms with Crippen LogP contribution in [-0.4, -0.2) is 43.1 Å². The largest absolute Gasteiger partial charge is 0.418 e. The summed E-state index contributed by atoms with van der Waals surface area (Å²) >= 11 is 5.98. The lowest BCUT2D eigenvalue weighted by Crippen LogP contribution is -2.39. The van der Waals surface area contributed by atoms with Crippen molar-refractivity contribution in [2.75, 3.05) is 17.2 Å². The third-order valence-corrected chi connectivity index (χ3v) is 7.25.